The van der Waals surface area contributed by atoms with Crippen LogP contribution in [0.25, 0.3) is 20.8 Å². The molecule has 0 atom stereocenters. The molecule has 1 heterocycles. The van der Waals surface area contributed by atoms with E-state index in [1.165, 1.54) is 0 Å². The van der Waals surface area contributed by atoms with Crippen molar-refractivity contribution in [1.29, 1.82) is 0 Å². The number of rotatable bonds is 2. The van der Waals surface area contributed by atoms with Crippen LogP contribution in [0.1, 0.15) is 0 Å². The molecule has 0 unspecified atom stereocenters. The van der Waals surface area contributed by atoms with Gasteiger partial charge in [-0.15, -0.1) is 11.3 Å². The molecule has 0 radical (unpaired) electrons. The van der Waals surface area contributed by atoms with Crippen molar-refractivity contribution in [2.45, 2.75) is 0 Å². The molecule has 0 saturated carbocycles. The van der Waals surface area contributed by atoms with Crippen molar-refractivity contribution >= 4 is 33.2 Å². The monoisotopic (exact) mass is 275 g/mol. The lowest BCUT2D eigenvalue weighted by atomic mass is 10.2. The van der Waals surface area contributed by atoms with Gasteiger partial charge in [0.05, 0.1) is 17.3 Å². The van der Waals surface area contributed by atoms with Crippen LogP contribution in [-0.4, -0.2) is 12.1 Å². The highest BCUT2D eigenvalue weighted by Gasteiger charge is 2.07. The molecule has 0 N–H and O–H groups in total. The van der Waals surface area contributed by atoms with Crippen molar-refractivity contribution < 1.29 is 4.74 Å². The van der Waals surface area contributed by atoms with Gasteiger partial charge in [0.25, 0.3) is 0 Å². The Morgan fingerprint density at radius 3 is 2.89 bits per heavy atom. The number of aromatic nitrogens is 1. The van der Waals surface area contributed by atoms with Crippen molar-refractivity contribution in [3.05, 3.63) is 47.5 Å². The summed E-state index contributed by atoms with van der Waals surface area (Å²) in [6.07, 6.45) is 0. The second kappa shape index (κ2) is 4.59. The summed E-state index contributed by atoms with van der Waals surface area (Å²) in [6.45, 7) is 0. The third-order valence-electron chi connectivity index (χ3n) is 2.67. The topological polar surface area (TPSA) is 22.1 Å². The van der Waals surface area contributed by atoms with Crippen LogP contribution in [0, 0.1) is 0 Å². The smallest absolute Gasteiger partial charge is 0.124 e. The van der Waals surface area contributed by atoms with Crippen molar-refractivity contribution in [2.75, 3.05) is 7.11 Å². The Morgan fingerprint density at radius 1 is 1.17 bits per heavy atom. The van der Waals surface area contributed by atoms with E-state index in [1.54, 1.807) is 18.4 Å². The predicted octanol–water partition coefficient (Wildman–Crippen LogP) is 4.63. The predicted molar refractivity (Wildman–Crippen MR) is 76.6 cm³/mol. The number of halogens is 1. The average molecular weight is 276 g/mol. The Kier molecular flexibility index (Phi) is 2.94. The summed E-state index contributed by atoms with van der Waals surface area (Å²) in [6, 6.07) is 13.6. The quantitative estimate of drug-likeness (QED) is 0.680. The highest BCUT2D eigenvalue weighted by atomic mass is 35.5. The number of benzene rings is 2. The van der Waals surface area contributed by atoms with Gasteiger partial charge in [-0.3, -0.25) is 0 Å². The van der Waals surface area contributed by atoms with Crippen LogP contribution in [0.2, 0.25) is 5.02 Å². The van der Waals surface area contributed by atoms with Crippen LogP contribution in [0.3, 0.4) is 0 Å². The van der Waals surface area contributed by atoms with Crippen molar-refractivity contribution in [3.8, 4) is 16.3 Å². The van der Waals surface area contributed by atoms with Gasteiger partial charge in [0.2, 0.25) is 0 Å². The molecule has 90 valence electrons. The van der Waals surface area contributed by atoms with Gasteiger partial charge in [-0.05, 0) is 30.3 Å². The van der Waals surface area contributed by atoms with E-state index in [9.17, 15) is 0 Å². The number of fused-ring (bicyclic) bond motifs is 1. The minimum absolute atomic E-state index is 0.739. The fraction of sp³-hybridized carbons (Fsp3) is 0.0714. The van der Waals surface area contributed by atoms with Crippen LogP contribution in [-0.2, 0) is 0 Å². The lowest BCUT2D eigenvalue weighted by Gasteiger charge is -2.00. The molecule has 0 saturated heterocycles. The number of hydrogen-bond acceptors (Lipinski definition) is 3. The normalized spacial score (nSPS) is 10.8. The SMILES string of the molecule is COc1cccc(-c2nc3ccc(Cl)cc3s2)c1. The van der Waals surface area contributed by atoms with Crippen LogP contribution >= 0.6 is 22.9 Å². The van der Waals surface area contributed by atoms with Gasteiger partial charge in [-0.2, -0.15) is 0 Å². The fourth-order valence-electron chi connectivity index (χ4n) is 1.78. The summed E-state index contributed by atoms with van der Waals surface area (Å²) >= 11 is 7.61. The highest BCUT2D eigenvalue weighted by Crippen LogP contribution is 2.32. The number of ether oxygens (including phenoxy) is 1. The maximum Gasteiger partial charge on any atom is 0.124 e. The van der Waals surface area contributed by atoms with Crippen molar-refractivity contribution in [2.24, 2.45) is 0 Å². The van der Waals surface area contributed by atoms with E-state index < -0.39 is 0 Å². The Hall–Kier alpha value is -1.58. The van der Waals surface area contributed by atoms with E-state index in [0.29, 0.717) is 0 Å². The standard InChI is InChI=1S/C14H10ClNOS/c1-17-11-4-2-3-9(7-11)14-16-12-6-5-10(15)8-13(12)18-14/h2-8H,1H3. The highest BCUT2D eigenvalue weighted by molar-refractivity contribution is 7.21. The summed E-state index contributed by atoms with van der Waals surface area (Å²) in [4.78, 5) is 4.60. The molecule has 0 spiro atoms. The van der Waals surface area contributed by atoms with E-state index in [1.807, 2.05) is 42.5 Å². The molecule has 0 amide bonds. The average Bonchev–Trinajstić information content (AvgIpc) is 2.81. The van der Waals surface area contributed by atoms with Gasteiger partial charge in [-0.1, -0.05) is 23.7 Å². The minimum atomic E-state index is 0.739. The van der Waals surface area contributed by atoms with Crippen molar-refractivity contribution in [3.63, 3.8) is 0 Å². The molecular formula is C14H10ClNOS. The van der Waals surface area contributed by atoms with Crippen LogP contribution in [0.15, 0.2) is 42.5 Å². The maximum absolute atomic E-state index is 5.98. The largest absolute Gasteiger partial charge is 0.497 e. The molecule has 1 aromatic heterocycles. The molecule has 0 aliphatic heterocycles. The number of nitrogens with zero attached hydrogens (tertiary/aromatic N) is 1. The Bertz CT molecular complexity index is 708. The summed E-state index contributed by atoms with van der Waals surface area (Å²) < 4.78 is 6.32. The molecule has 3 rings (SSSR count). The van der Waals surface area contributed by atoms with E-state index >= 15 is 0 Å². The summed E-state index contributed by atoms with van der Waals surface area (Å²) in [7, 11) is 1.66. The van der Waals surface area contributed by atoms with Gasteiger partial charge in [0.15, 0.2) is 0 Å². The summed E-state index contributed by atoms with van der Waals surface area (Å²) in [5.41, 5.74) is 2.04. The molecule has 0 fully saturated rings. The summed E-state index contributed by atoms with van der Waals surface area (Å²) in [5, 5.41) is 1.72. The third-order valence-corrected chi connectivity index (χ3v) is 3.97. The molecule has 2 nitrogen and oxygen atoms in total. The zero-order valence-corrected chi connectivity index (χ0v) is 11.3. The first kappa shape index (κ1) is 11.5. The first-order chi connectivity index (χ1) is 8.76. The zero-order chi connectivity index (χ0) is 12.5. The van der Waals surface area contributed by atoms with E-state index in [4.69, 9.17) is 16.3 Å². The van der Waals surface area contributed by atoms with Crippen molar-refractivity contribution in [1.82, 2.24) is 4.98 Å². The van der Waals surface area contributed by atoms with E-state index in [0.717, 1.165) is 31.6 Å². The Morgan fingerprint density at radius 2 is 2.06 bits per heavy atom. The lowest BCUT2D eigenvalue weighted by Crippen LogP contribution is -1.82. The fourth-order valence-corrected chi connectivity index (χ4v) is 3.02. The Balaban J connectivity index is 2.13. The van der Waals surface area contributed by atoms with Gasteiger partial charge in [-0.25, -0.2) is 4.98 Å². The van der Waals surface area contributed by atoms with Crippen LogP contribution < -0.4 is 4.74 Å². The number of methoxy groups -OCH3 is 1. The molecule has 2 aromatic carbocycles. The molecule has 4 heteroatoms. The summed E-state index contributed by atoms with van der Waals surface area (Å²) in [5.74, 6) is 0.838. The molecule has 18 heavy (non-hydrogen) atoms. The number of thiazole rings is 1. The number of hydrogen-bond donors (Lipinski definition) is 0. The molecule has 0 bridgehead atoms. The van der Waals surface area contributed by atoms with E-state index in [2.05, 4.69) is 4.98 Å². The molecule has 0 aliphatic carbocycles. The second-order valence-electron chi connectivity index (χ2n) is 3.86. The maximum atomic E-state index is 5.98. The van der Waals surface area contributed by atoms with Gasteiger partial charge < -0.3 is 4.74 Å². The molecular weight excluding hydrogens is 266 g/mol. The van der Waals surface area contributed by atoms with Gasteiger partial charge in [0.1, 0.15) is 10.8 Å². The van der Waals surface area contributed by atoms with Gasteiger partial charge >= 0.3 is 0 Å². The second-order valence-corrected chi connectivity index (χ2v) is 5.33. The first-order valence-corrected chi connectivity index (χ1v) is 6.66. The van der Waals surface area contributed by atoms with Crippen LogP contribution in [0.4, 0.5) is 0 Å². The third kappa shape index (κ3) is 2.07. The molecule has 3 aromatic rings. The Labute approximate surface area is 114 Å². The van der Waals surface area contributed by atoms with E-state index in [-0.39, 0.29) is 0 Å². The minimum Gasteiger partial charge on any atom is -0.497 e. The lowest BCUT2D eigenvalue weighted by molar-refractivity contribution is 0.415. The van der Waals surface area contributed by atoms with Crippen LogP contribution in [0.5, 0.6) is 5.75 Å². The first-order valence-electron chi connectivity index (χ1n) is 5.47. The zero-order valence-electron chi connectivity index (χ0n) is 9.68. The molecule has 0 aliphatic rings. The van der Waals surface area contributed by atoms with Gasteiger partial charge in [0, 0.05) is 10.6 Å².